The molecule has 0 amide bonds. The van der Waals surface area contributed by atoms with Gasteiger partial charge in [-0.1, -0.05) is 23.2 Å². The highest BCUT2D eigenvalue weighted by atomic mass is 35.5. The molecule has 0 saturated heterocycles. The van der Waals surface area contributed by atoms with E-state index in [9.17, 15) is 0 Å². The smallest absolute Gasteiger partial charge is 0.181 e. The van der Waals surface area contributed by atoms with Crippen LogP contribution in [-0.4, -0.2) is 0 Å². The molecule has 1 nitrogen and oxygen atoms in total. The molecule has 0 radical (unpaired) electrons. The summed E-state index contributed by atoms with van der Waals surface area (Å²) in [6.07, 6.45) is 2.06. The summed E-state index contributed by atoms with van der Waals surface area (Å²) in [5, 5.41) is 1.38. The Kier molecular flexibility index (Phi) is 3.70. The molecule has 0 bridgehead atoms. The van der Waals surface area contributed by atoms with Crippen molar-refractivity contribution in [2.45, 2.75) is 20.4 Å². The molecule has 1 aromatic heterocycles. The van der Waals surface area contributed by atoms with Gasteiger partial charge in [0.15, 0.2) is 18.4 Å². The second-order valence-electron chi connectivity index (χ2n) is 4.14. The fourth-order valence-electron chi connectivity index (χ4n) is 1.75. The fourth-order valence-corrected chi connectivity index (χ4v) is 2.22. The second kappa shape index (κ2) is 5.07. The average Bonchev–Trinajstić information content (AvgIpc) is 2.28. The maximum absolute atomic E-state index is 6.17. The van der Waals surface area contributed by atoms with Crippen molar-refractivity contribution < 1.29 is 4.57 Å². The fraction of sp³-hybridized carbons (Fsp3) is 0.214. The van der Waals surface area contributed by atoms with E-state index in [4.69, 9.17) is 23.2 Å². The van der Waals surface area contributed by atoms with Crippen molar-refractivity contribution in [2.75, 3.05) is 0 Å². The van der Waals surface area contributed by atoms with Crippen LogP contribution in [0.15, 0.2) is 36.5 Å². The highest BCUT2D eigenvalue weighted by molar-refractivity contribution is 6.35. The zero-order valence-electron chi connectivity index (χ0n) is 9.87. The van der Waals surface area contributed by atoms with Crippen molar-refractivity contribution in [3.63, 3.8) is 0 Å². The molecule has 0 atom stereocenters. The predicted molar refractivity (Wildman–Crippen MR) is 71.7 cm³/mol. The van der Waals surface area contributed by atoms with Gasteiger partial charge >= 0.3 is 0 Å². The van der Waals surface area contributed by atoms with E-state index < -0.39 is 0 Å². The van der Waals surface area contributed by atoms with Gasteiger partial charge in [0.1, 0.15) is 0 Å². The zero-order valence-corrected chi connectivity index (χ0v) is 11.4. The van der Waals surface area contributed by atoms with Crippen molar-refractivity contribution in [1.29, 1.82) is 0 Å². The van der Waals surface area contributed by atoms with Gasteiger partial charge in [-0.15, -0.1) is 0 Å². The summed E-state index contributed by atoms with van der Waals surface area (Å²) in [5.41, 5.74) is 3.60. The summed E-state index contributed by atoms with van der Waals surface area (Å²) < 4.78 is 2.18. The first-order valence-electron chi connectivity index (χ1n) is 5.47. The van der Waals surface area contributed by atoms with Crippen molar-refractivity contribution in [3.05, 3.63) is 63.4 Å². The van der Waals surface area contributed by atoms with Crippen molar-refractivity contribution in [1.82, 2.24) is 0 Å². The molecule has 3 heteroatoms. The summed E-state index contributed by atoms with van der Waals surface area (Å²) >= 11 is 12.1. The number of aromatic nitrogens is 1. The topological polar surface area (TPSA) is 3.88 Å². The molecular formula is C14H14Cl2N+. The van der Waals surface area contributed by atoms with Gasteiger partial charge in [-0.25, -0.2) is 0 Å². The third-order valence-electron chi connectivity index (χ3n) is 2.97. The van der Waals surface area contributed by atoms with Gasteiger partial charge < -0.3 is 0 Å². The normalized spacial score (nSPS) is 10.6. The lowest BCUT2D eigenvalue weighted by molar-refractivity contribution is -0.694. The van der Waals surface area contributed by atoms with E-state index in [0.717, 1.165) is 12.1 Å². The van der Waals surface area contributed by atoms with Gasteiger partial charge in [0, 0.05) is 29.1 Å². The van der Waals surface area contributed by atoms with Crippen LogP contribution in [0.3, 0.4) is 0 Å². The van der Waals surface area contributed by atoms with Crippen LogP contribution < -0.4 is 4.57 Å². The number of halogens is 2. The molecule has 1 heterocycles. The van der Waals surface area contributed by atoms with Crippen LogP contribution in [0.1, 0.15) is 16.8 Å². The Hall–Kier alpha value is -1.05. The number of hydrogen-bond acceptors (Lipinski definition) is 0. The van der Waals surface area contributed by atoms with Crippen molar-refractivity contribution >= 4 is 23.2 Å². The Morgan fingerprint density at radius 3 is 2.59 bits per heavy atom. The van der Waals surface area contributed by atoms with Gasteiger partial charge in [0.05, 0.1) is 5.02 Å². The highest BCUT2D eigenvalue weighted by Crippen LogP contribution is 2.20. The number of rotatable bonds is 2. The maximum atomic E-state index is 6.17. The molecule has 0 N–H and O–H groups in total. The van der Waals surface area contributed by atoms with Gasteiger partial charge in [0.2, 0.25) is 0 Å². The summed E-state index contributed by atoms with van der Waals surface area (Å²) in [6.45, 7) is 4.98. The first kappa shape index (κ1) is 12.4. The summed E-state index contributed by atoms with van der Waals surface area (Å²) in [7, 11) is 0. The standard InChI is InChI=1S/C14H14Cl2N/c1-10-4-3-7-17(11(10)2)9-12-5-6-13(15)8-14(12)16/h3-8H,9H2,1-2H3/q+1. The van der Waals surface area contributed by atoms with E-state index in [1.54, 1.807) is 6.07 Å². The number of aryl methyl sites for hydroxylation is 1. The Morgan fingerprint density at radius 2 is 1.88 bits per heavy atom. The minimum absolute atomic E-state index is 0.671. The molecule has 2 rings (SSSR count). The van der Waals surface area contributed by atoms with Gasteiger partial charge in [-0.05, 0) is 31.2 Å². The van der Waals surface area contributed by atoms with E-state index in [1.807, 2.05) is 18.2 Å². The Bertz CT molecular complexity index is 550. The number of nitrogens with zero attached hydrogens (tertiary/aromatic N) is 1. The number of hydrogen-bond donors (Lipinski definition) is 0. The van der Waals surface area contributed by atoms with Crippen LogP contribution in [0.2, 0.25) is 10.0 Å². The molecule has 0 aliphatic rings. The molecule has 17 heavy (non-hydrogen) atoms. The molecule has 2 aromatic rings. The highest BCUT2D eigenvalue weighted by Gasteiger charge is 2.11. The monoisotopic (exact) mass is 266 g/mol. The maximum Gasteiger partial charge on any atom is 0.181 e. The van der Waals surface area contributed by atoms with Gasteiger partial charge in [-0.3, -0.25) is 0 Å². The lowest BCUT2D eigenvalue weighted by Gasteiger charge is -2.05. The van der Waals surface area contributed by atoms with Crippen molar-refractivity contribution in [3.8, 4) is 0 Å². The minimum Gasteiger partial charge on any atom is -0.198 e. The lowest BCUT2D eigenvalue weighted by Crippen LogP contribution is -2.37. The molecule has 1 aromatic carbocycles. The van der Waals surface area contributed by atoms with Crippen LogP contribution in [0.25, 0.3) is 0 Å². The van der Waals surface area contributed by atoms with Crippen molar-refractivity contribution in [2.24, 2.45) is 0 Å². The number of benzene rings is 1. The van der Waals surface area contributed by atoms with E-state index in [0.29, 0.717) is 10.0 Å². The lowest BCUT2D eigenvalue weighted by atomic mass is 10.2. The molecule has 0 spiro atoms. The predicted octanol–water partition coefficient (Wildman–Crippen LogP) is 3.95. The van der Waals surface area contributed by atoms with Crippen LogP contribution >= 0.6 is 23.2 Å². The summed E-state index contributed by atoms with van der Waals surface area (Å²) in [5.74, 6) is 0. The van der Waals surface area contributed by atoms with Crippen LogP contribution in [0.4, 0.5) is 0 Å². The summed E-state index contributed by atoms with van der Waals surface area (Å²) in [6, 6.07) is 9.78. The average molecular weight is 267 g/mol. The second-order valence-corrected chi connectivity index (χ2v) is 4.98. The molecule has 0 unspecified atom stereocenters. The Labute approximate surface area is 112 Å². The van der Waals surface area contributed by atoms with Crippen LogP contribution in [0.5, 0.6) is 0 Å². The Morgan fingerprint density at radius 1 is 1.12 bits per heavy atom. The van der Waals surface area contributed by atoms with Crippen LogP contribution in [-0.2, 0) is 6.54 Å². The minimum atomic E-state index is 0.671. The van der Waals surface area contributed by atoms with Crippen LogP contribution in [0, 0.1) is 13.8 Å². The molecule has 0 aliphatic heterocycles. The van der Waals surface area contributed by atoms with Gasteiger partial charge in [0.25, 0.3) is 0 Å². The number of pyridine rings is 1. The van der Waals surface area contributed by atoms with E-state index in [-0.39, 0.29) is 0 Å². The third kappa shape index (κ3) is 2.80. The third-order valence-corrected chi connectivity index (χ3v) is 3.56. The van der Waals surface area contributed by atoms with E-state index in [1.165, 1.54) is 11.3 Å². The molecule has 0 saturated carbocycles. The largest absolute Gasteiger partial charge is 0.198 e. The molecule has 88 valence electrons. The molecule has 0 aliphatic carbocycles. The zero-order chi connectivity index (χ0) is 12.4. The van der Waals surface area contributed by atoms with E-state index >= 15 is 0 Å². The SMILES string of the molecule is Cc1ccc[n+](Cc2ccc(Cl)cc2Cl)c1C. The molecular weight excluding hydrogens is 253 g/mol. The first-order valence-corrected chi connectivity index (χ1v) is 6.23. The summed E-state index contributed by atoms with van der Waals surface area (Å²) in [4.78, 5) is 0. The molecule has 0 fully saturated rings. The quantitative estimate of drug-likeness (QED) is 0.725. The van der Waals surface area contributed by atoms with Gasteiger partial charge in [-0.2, -0.15) is 4.57 Å². The Balaban J connectivity index is 2.35. The van der Waals surface area contributed by atoms with E-state index in [2.05, 4.69) is 30.7 Å². The first-order chi connectivity index (χ1) is 8.08.